The van der Waals surface area contributed by atoms with E-state index in [0.717, 1.165) is 71.1 Å². The van der Waals surface area contributed by atoms with Crippen LogP contribution in [0.15, 0.2) is 54.6 Å². The normalized spacial score (nSPS) is 10.2. The van der Waals surface area contributed by atoms with E-state index in [1.807, 2.05) is 6.07 Å². The fourth-order valence-electron chi connectivity index (χ4n) is 3.93. The Bertz CT molecular complexity index is 856. The lowest BCUT2D eigenvalue weighted by Crippen LogP contribution is -2.27. The summed E-state index contributed by atoms with van der Waals surface area (Å²) in [7, 11) is 0. The standard InChI is InChI=1S/C28H42N4O3.2BrH/c33-27(17-6-1-2-7-18-28(34)32-35)31-22-12-21-29-19-10-11-20-30-23-25-15-8-9-16-26(25)24-13-4-3-5-14-24;;/h3-5,8-9,13-16,29-30,35H,1-2,6-7,10-12,17-23H2,(H,31,33)(H,32,34);2*1H. The summed E-state index contributed by atoms with van der Waals surface area (Å²) in [5, 5.41) is 18.4. The van der Waals surface area contributed by atoms with Crippen LogP contribution in [0.25, 0.3) is 11.1 Å². The zero-order valence-corrected chi connectivity index (χ0v) is 25.1. The van der Waals surface area contributed by atoms with Gasteiger partial charge in [-0.1, -0.05) is 67.4 Å². The molecule has 5 N–H and O–H groups in total. The van der Waals surface area contributed by atoms with Crippen molar-refractivity contribution in [1.82, 2.24) is 21.4 Å². The zero-order valence-electron chi connectivity index (χ0n) is 21.7. The molecule has 0 atom stereocenters. The molecule has 0 bridgehead atoms. The Morgan fingerprint density at radius 2 is 1.22 bits per heavy atom. The van der Waals surface area contributed by atoms with Gasteiger partial charge >= 0.3 is 0 Å². The summed E-state index contributed by atoms with van der Waals surface area (Å²) in [5.74, 6) is -0.258. The lowest BCUT2D eigenvalue weighted by molar-refractivity contribution is -0.129. The molecule has 0 aromatic heterocycles. The molecule has 2 aromatic rings. The highest BCUT2D eigenvalue weighted by Gasteiger charge is 2.04. The third-order valence-corrected chi connectivity index (χ3v) is 5.91. The maximum absolute atomic E-state index is 11.8. The molecule has 2 rings (SSSR count). The van der Waals surface area contributed by atoms with Crippen LogP contribution < -0.4 is 21.4 Å². The van der Waals surface area contributed by atoms with Crippen LogP contribution in [0.2, 0.25) is 0 Å². The van der Waals surface area contributed by atoms with Gasteiger partial charge in [0, 0.05) is 25.9 Å². The van der Waals surface area contributed by atoms with Gasteiger partial charge in [0.1, 0.15) is 0 Å². The van der Waals surface area contributed by atoms with E-state index in [9.17, 15) is 9.59 Å². The van der Waals surface area contributed by atoms with Crippen LogP contribution in [-0.2, 0) is 16.1 Å². The average Bonchev–Trinajstić information content (AvgIpc) is 2.89. The van der Waals surface area contributed by atoms with Crippen molar-refractivity contribution < 1.29 is 14.8 Å². The number of rotatable bonds is 19. The molecule has 0 unspecified atom stereocenters. The fourth-order valence-corrected chi connectivity index (χ4v) is 3.93. The van der Waals surface area contributed by atoms with Gasteiger partial charge in [0.05, 0.1) is 0 Å². The van der Waals surface area contributed by atoms with Gasteiger partial charge in [-0.3, -0.25) is 14.8 Å². The Kier molecular flexibility index (Phi) is 22.2. The highest BCUT2D eigenvalue weighted by Crippen LogP contribution is 2.23. The topological polar surface area (TPSA) is 102 Å². The fraction of sp³-hybridized carbons (Fsp3) is 0.500. The first-order chi connectivity index (χ1) is 17.2. The second kappa shape index (κ2) is 23.3. The van der Waals surface area contributed by atoms with Crippen LogP contribution in [-0.4, -0.2) is 43.2 Å². The van der Waals surface area contributed by atoms with Crippen LogP contribution >= 0.6 is 34.0 Å². The smallest absolute Gasteiger partial charge is 0.243 e. The van der Waals surface area contributed by atoms with Crippen LogP contribution in [0.3, 0.4) is 0 Å². The molecule has 0 aliphatic carbocycles. The molecule has 0 heterocycles. The minimum atomic E-state index is -0.353. The number of nitrogens with one attached hydrogen (secondary N) is 4. The van der Waals surface area contributed by atoms with Gasteiger partial charge in [0.25, 0.3) is 0 Å². The molecule has 9 heteroatoms. The van der Waals surface area contributed by atoms with E-state index in [2.05, 4.69) is 64.5 Å². The van der Waals surface area contributed by atoms with E-state index >= 15 is 0 Å². The van der Waals surface area contributed by atoms with Gasteiger partial charge in [0.15, 0.2) is 0 Å². The molecule has 0 saturated heterocycles. The van der Waals surface area contributed by atoms with Crippen LogP contribution in [0.5, 0.6) is 0 Å². The van der Waals surface area contributed by atoms with E-state index < -0.39 is 0 Å². The first-order valence-electron chi connectivity index (χ1n) is 12.9. The number of hydroxylamine groups is 1. The van der Waals surface area contributed by atoms with Gasteiger partial charge in [-0.15, -0.1) is 34.0 Å². The number of carbonyl (C=O) groups is 2. The van der Waals surface area contributed by atoms with E-state index in [1.165, 1.54) is 16.7 Å². The van der Waals surface area contributed by atoms with Crippen molar-refractivity contribution in [1.29, 1.82) is 0 Å². The number of hydrogen-bond donors (Lipinski definition) is 5. The summed E-state index contributed by atoms with van der Waals surface area (Å²) < 4.78 is 0. The van der Waals surface area contributed by atoms with E-state index in [4.69, 9.17) is 5.21 Å². The molecule has 2 amide bonds. The van der Waals surface area contributed by atoms with Gasteiger partial charge in [-0.25, -0.2) is 5.48 Å². The van der Waals surface area contributed by atoms with E-state index in [1.54, 1.807) is 5.48 Å². The SMILES string of the molecule is Br.Br.O=C(CCCCCCC(=O)NCCCNCCCCNCc1ccccc1-c1ccccc1)NO. The zero-order chi connectivity index (χ0) is 25.0. The van der Waals surface area contributed by atoms with Crippen molar-refractivity contribution in [3.05, 3.63) is 60.2 Å². The lowest BCUT2D eigenvalue weighted by Gasteiger charge is -2.11. The number of halogens is 2. The molecular weight excluding hydrogens is 600 g/mol. The molecule has 0 aliphatic rings. The van der Waals surface area contributed by atoms with Gasteiger partial charge in [0.2, 0.25) is 11.8 Å². The Hall–Kier alpha value is -1.78. The number of benzene rings is 2. The molecule has 0 aliphatic heterocycles. The Morgan fingerprint density at radius 3 is 1.92 bits per heavy atom. The Balaban J connectivity index is 0.00000648. The van der Waals surface area contributed by atoms with Crippen LogP contribution in [0.4, 0.5) is 0 Å². The summed E-state index contributed by atoms with van der Waals surface area (Å²) in [5.41, 5.74) is 5.50. The first kappa shape index (κ1) is 35.2. The van der Waals surface area contributed by atoms with Crippen molar-refractivity contribution in [2.75, 3.05) is 26.2 Å². The van der Waals surface area contributed by atoms with Crippen LogP contribution in [0, 0.1) is 0 Å². The van der Waals surface area contributed by atoms with Crippen molar-refractivity contribution in [3.63, 3.8) is 0 Å². The first-order valence-corrected chi connectivity index (χ1v) is 12.9. The quantitative estimate of drug-likeness (QED) is 0.0810. The number of amides is 2. The van der Waals surface area contributed by atoms with Crippen molar-refractivity contribution in [3.8, 4) is 11.1 Å². The lowest BCUT2D eigenvalue weighted by atomic mass is 10.00. The summed E-state index contributed by atoms with van der Waals surface area (Å²) in [4.78, 5) is 22.7. The monoisotopic (exact) mass is 642 g/mol. The minimum Gasteiger partial charge on any atom is -0.356 e. The van der Waals surface area contributed by atoms with Crippen molar-refractivity contribution in [2.45, 2.75) is 64.3 Å². The molecule has 0 fully saturated rings. The van der Waals surface area contributed by atoms with Gasteiger partial charge in [-0.05, 0) is 68.4 Å². The number of carbonyl (C=O) groups excluding carboxylic acids is 2. The number of unbranched alkanes of at least 4 members (excludes halogenated alkanes) is 4. The van der Waals surface area contributed by atoms with E-state index in [-0.39, 0.29) is 45.8 Å². The minimum absolute atomic E-state index is 0. The molecular formula is C28H44Br2N4O3. The maximum Gasteiger partial charge on any atom is 0.243 e. The van der Waals surface area contributed by atoms with Crippen molar-refractivity contribution in [2.24, 2.45) is 0 Å². The Morgan fingerprint density at radius 1 is 0.622 bits per heavy atom. The molecule has 208 valence electrons. The summed E-state index contributed by atoms with van der Waals surface area (Å²) in [6.45, 7) is 4.47. The summed E-state index contributed by atoms with van der Waals surface area (Å²) in [6, 6.07) is 19.1. The molecule has 7 nitrogen and oxygen atoms in total. The molecule has 0 spiro atoms. The van der Waals surface area contributed by atoms with E-state index in [0.29, 0.717) is 19.4 Å². The molecule has 0 saturated carbocycles. The predicted molar refractivity (Wildman–Crippen MR) is 162 cm³/mol. The van der Waals surface area contributed by atoms with Gasteiger partial charge in [-0.2, -0.15) is 0 Å². The third kappa shape index (κ3) is 16.6. The molecule has 37 heavy (non-hydrogen) atoms. The highest BCUT2D eigenvalue weighted by atomic mass is 79.9. The van der Waals surface area contributed by atoms with Gasteiger partial charge < -0.3 is 16.0 Å². The number of hydrogen-bond acceptors (Lipinski definition) is 5. The average molecular weight is 644 g/mol. The predicted octanol–water partition coefficient (Wildman–Crippen LogP) is 5.32. The highest BCUT2D eigenvalue weighted by molar-refractivity contribution is 8.93. The van der Waals surface area contributed by atoms with Crippen LogP contribution in [0.1, 0.15) is 63.4 Å². The Labute approximate surface area is 243 Å². The van der Waals surface area contributed by atoms with Crippen molar-refractivity contribution >= 4 is 45.8 Å². The second-order valence-electron chi connectivity index (χ2n) is 8.81. The molecule has 2 aromatic carbocycles. The third-order valence-electron chi connectivity index (χ3n) is 5.91. The maximum atomic E-state index is 11.8. The molecule has 0 radical (unpaired) electrons. The second-order valence-corrected chi connectivity index (χ2v) is 8.81. The summed E-state index contributed by atoms with van der Waals surface area (Å²) >= 11 is 0. The summed E-state index contributed by atoms with van der Waals surface area (Å²) in [6.07, 6.45) is 7.41. The largest absolute Gasteiger partial charge is 0.356 e.